The Labute approximate surface area is 192 Å². The summed E-state index contributed by atoms with van der Waals surface area (Å²) < 4.78 is 29.6. The topological polar surface area (TPSA) is 66.5 Å². The van der Waals surface area contributed by atoms with Crippen LogP contribution < -0.4 is 4.72 Å². The van der Waals surface area contributed by atoms with Gasteiger partial charge in [0.25, 0.3) is 0 Å². The maximum atomic E-state index is 13.4. The highest BCUT2D eigenvalue weighted by Gasteiger charge is 2.31. The number of hydrogen-bond acceptors (Lipinski definition) is 3. The molecular weight excluding hydrogens is 420 g/mol. The quantitative estimate of drug-likeness (QED) is 0.708. The lowest BCUT2D eigenvalue weighted by molar-refractivity contribution is -0.134. The predicted octanol–water partition coefficient (Wildman–Crippen LogP) is 4.77. The molecule has 2 aromatic rings. The first-order chi connectivity index (χ1) is 15.5. The maximum Gasteiger partial charge on any atom is 0.245 e. The van der Waals surface area contributed by atoms with Crippen molar-refractivity contribution in [2.75, 3.05) is 13.1 Å². The van der Waals surface area contributed by atoms with Crippen molar-refractivity contribution in [3.05, 3.63) is 65.2 Å². The molecule has 1 heterocycles. The minimum absolute atomic E-state index is 0.165. The number of hydrogen-bond donors (Lipinski definition) is 1. The molecule has 1 atom stereocenters. The molecule has 6 heteroatoms. The summed E-state index contributed by atoms with van der Waals surface area (Å²) in [6, 6.07) is 13.8. The van der Waals surface area contributed by atoms with Gasteiger partial charge >= 0.3 is 0 Å². The van der Waals surface area contributed by atoms with Gasteiger partial charge in [0.2, 0.25) is 15.9 Å². The molecule has 2 aliphatic rings. The summed E-state index contributed by atoms with van der Waals surface area (Å²) in [6.45, 7) is 1.37. The Kier molecular flexibility index (Phi) is 7.63. The number of sulfonamides is 1. The Balaban J connectivity index is 1.61. The zero-order valence-electron chi connectivity index (χ0n) is 18.8. The normalized spacial score (nSPS) is 18.7. The van der Waals surface area contributed by atoms with Gasteiger partial charge in [-0.05, 0) is 73.8 Å². The first-order valence-electron chi connectivity index (χ1n) is 12.0. The van der Waals surface area contributed by atoms with E-state index in [0.29, 0.717) is 18.7 Å². The van der Waals surface area contributed by atoms with Crippen LogP contribution >= 0.6 is 0 Å². The Morgan fingerprint density at radius 3 is 2.12 bits per heavy atom. The zero-order valence-corrected chi connectivity index (χ0v) is 19.6. The number of carbonyl (C=O) groups is 1. The van der Waals surface area contributed by atoms with Gasteiger partial charge in [-0.3, -0.25) is 4.79 Å². The van der Waals surface area contributed by atoms with Gasteiger partial charge in [0.1, 0.15) is 6.04 Å². The number of nitrogens with one attached hydrogen (secondary N) is 1. The van der Waals surface area contributed by atoms with E-state index in [4.69, 9.17) is 0 Å². The number of aryl methyl sites for hydroxylation is 2. The number of rotatable bonds is 5. The minimum atomic E-state index is -3.85. The molecule has 5 nitrogen and oxygen atoms in total. The number of amides is 1. The number of piperidine rings is 1. The third-order valence-corrected chi connectivity index (χ3v) is 8.12. The molecule has 4 rings (SSSR count). The van der Waals surface area contributed by atoms with Crippen molar-refractivity contribution in [1.82, 2.24) is 9.62 Å². The molecular formula is C26H34N2O3S. The molecule has 1 N–H and O–H groups in total. The fourth-order valence-electron chi connectivity index (χ4n) is 4.83. The average Bonchev–Trinajstić information content (AvgIpc) is 2.95. The van der Waals surface area contributed by atoms with Crippen molar-refractivity contribution < 1.29 is 13.2 Å². The van der Waals surface area contributed by atoms with Crippen molar-refractivity contribution in [3.8, 4) is 0 Å². The molecule has 0 saturated carbocycles. The molecule has 1 amide bonds. The van der Waals surface area contributed by atoms with Crippen molar-refractivity contribution in [1.29, 1.82) is 0 Å². The Morgan fingerprint density at radius 1 is 0.781 bits per heavy atom. The van der Waals surface area contributed by atoms with Crippen LogP contribution in [0.1, 0.15) is 74.1 Å². The SMILES string of the molecule is O=C([C@H](NS(=O)(=O)c1ccc2c(c1)CCCCCCC2)c1ccccc1)N1CCCCC1. The fraction of sp³-hybridized carbons (Fsp3) is 0.500. The van der Waals surface area contributed by atoms with Gasteiger partial charge in [-0.1, -0.05) is 55.7 Å². The molecule has 0 bridgehead atoms. The van der Waals surface area contributed by atoms with Gasteiger partial charge in [-0.25, -0.2) is 8.42 Å². The second-order valence-corrected chi connectivity index (χ2v) is 10.8. The summed E-state index contributed by atoms with van der Waals surface area (Å²) in [4.78, 5) is 15.4. The summed E-state index contributed by atoms with van der Waals surface area (Å²) in [6.07, 6.45) is 10.9. The Hall–Kier alpha value is -2.18. The van der Waals surface area contributed by atoms with Crippen molar-refractivity contribution >= 4 is 15.9 Å². The molecule has 0 spiro atoms. The van der Waals surface area contributed by atoms with Crippen LogP contribution in [0.25, 0.3) is 0 Å². The van der Waals surface area contributed by atoms with Crippen molar-refractivity contribution in [3.63, 3.8) is 0 Å². The third kappa shape index (κ3) is 5.59. The van der Waals surface area contributed by atoms with Gasteiger partial charge in [0, 0.05) is 13.1 Å². The molecule has 2 aromatic carbocycles. The van der Waals surface area contributed by atoms with Gasteiger partial charge < -0.3 is 4.90 Å². The Morgan fingerprint density at radius 2 is 1.41 bits per heavy atom. The van der Waals surface area contributed by atoms with Crippen molar-refractivity contribution in [2.45, 2.75) is 75.1 Å². The summed E-state index contributed by atoms with van der Waals surface area (Å²) >= 11 is 0. The number of nitrogens with zero attached hydrogens (tertiary/aromatic N) is 1. The first kappa shape index (κ1) is 23.0. The predicted molar refractivity (Wildman–Crippen MR) is 127 cm³/mol. The zero-order chi connectivity index (χ0) is 22.4. The average molecular weight is 455 g/mol. The van der Waals surface area contributed by atoms with Gasteiger partial charge in [0.05, 0.1) is 4.90 Å². The standard InChI is InChI=1S/C26H34N2O3S/c29-26(28-18-10-5-11-19-28)25(22-13-8-4-9-14-22)27-32(30,31)24-17-16-21-12-6-2-1-3-7-15-23(21)20-24/h4,8-9,13-14,16-17,20,25,27H,1-3,5-7,10-12,15,18-19H2/t25-/m1/s1. The lowest BCUT2D eigenvalue weighted by Crippen LogP contribution is -2.44. The summed E-state index contributed by atoms with van der Waals surface area (Å²) in [5, 5.41) is 0. The molecule has 1 aliphatic heterocycles. The minimum Gasteiger partial charge on any atom is -0.341 e. The summed E-state index contributed by atoms with van der Waals surface area (Å²) in [5.41, 5.74) is 3.07. The van der Waals surface area contributed by atoms with E-state index in [9.17, 15) is 13.2 Å². The van der Waals surface area contributed by atoms with Crippen LogP contribution in [0.15, 0.2) is 53.4 Å². The molecule has 0 aromatic heterocycles. The van der Waals surface area contributed by atoms with Crippen LogP contribution in [0, 0.1) is 0 Å². The molecule has 1 fully saturated rings. The first-order valence-corrected chi connectivity index (χ1v) is 13.5. The maximum absolute atomic E-state index is 13.4. The van der Waals surface area contributed by atoms with E-state index in [1.165, 1.54) is 24.8 Å². The van der Waals surface area contributed by atoms with Crippen molar-refractivity contribution in [2.24, 2.45) is 0 Å². The van der Waals surface area contributed by atoms with Gasteiger partial charge in [0.15, 0.2) is 0 Å². The molecule has 32 heavy (non-hydrogen) atoms. The fourth-order valence-corrected chi connectivity index (χ4v) is 6.06. The highest BCUT2D eigenvalue weighted by Crippen LogP contribution is 2.25. The van der Waals surface area contributed by atoms with Crippen LogP contribution in [0.4, 0.5) is 0 Å². The van der Waals surface area contributed by atoms with Crippen LogP contribution in [-0.2, 0) is 27.7 Å². The molecule has 1 aliphatic carbocycles. The lowest BCUT2D eigenvalue weighted by atomic mass is 10.00. The van der Waals surface area contributed by atoms with Crippen LogP contribution in [-0.4, -0.2) is 32.3 Å². The molecule has 172 valence electrons. The highest BCUT2D eigenvalue weighted by molar-refractivity contribution is 7.89. The van der Waals surface area contributed by atoms with E-state index < -0.39 is 16.1 Å². The second-order valence-electron chi connectivity index (χ2n) is 9.05. The second kappa shape index (κ2) is 10.6. The lowest BCUT2D eigenvalue weighted by Gasteiger charge is -2.31. The van der Waals surface area contributed by atoms with Gasteiger partial charge in [-0.15, -0.1) is 0 Å². The van der Waals surface area contributed by atoms with E-state index in [2.05, 4.69) is 4.72 Å². The number of carbonyl (C=O) groups excluding carboxylic acids is 1. The van der Waals surface area contributed by atoms with E-state index in [0.717, 1.165) is 50.5 Å². The largest absolute Gasteiger partial charge is 0.341 e. The number of fused-ring (bicyclic) bond motifs is 1. The molecule has 0 unspecified atom stereocenters. The highest BCUT2D eigenvalue weighted by atomic mass is 32.2. The number of likely N-dealkylation sites (tertiary alicyclic amines) is 1. The van der Waals surface area contributed by atoms with E-state index in [-0.39, 0.29) is 10.8 Å². The molecule has 0 radical (unpaired) electrons. The summed E-state index contributed by atoms with van der Waals surface area (Å²) in [5.74, 6) is -0.165. The smallest absolute Gasteiger partial charge is 0.245 e. The van der Waals surface area contributed by atoms with E-state index in [1.807, 2.05) is 42.5 Å². The third-order valence-electron chi connectivity index (χ3n) is 6.70. The van der Waals surface area contributed by atoms with E-state index >= 15 is 0 Å². The summed E-state index contributed by atoms with van der Waals surface area (Å²) in [7, 11) is -3.85. The van der Waals surface area contributed by atoms with Gasteiger partial charge in [-0.2, -0.15) is 4.72 Å². The van der Waals surface area contributed by atoms with Crippen LogP contribution in [0.2, 0.25) is 0 Å². The van der Waals surface area contributed by atoms with Crippen LogP contribution in [0.3, 0.4) is 0 Å². The molecule has 1 saturated heterocycles. The van der Waals surface area contributed by atoms with Crippen LogP contribution in [0.5, 0.6) is 0 Å². The number of benzene rings is 2. The monoisotopic (exact) mass is 454 g/mol. The van der Waals surface area contributed by atoms with E-state index in [1.54, 1.807) is 11.0 Å². The Bertz CT molecular complexity index is 1010.